The standard InChI is InChI=1S/C16H18O3P/c1-11-5-7-15(13(3)9-11)18-20(17)19-16-8-6-12(2)10-14(16)4/h5-10H,1-4H3/q+1. The van der Waals surface area contributed by atoms with E-state index in [4.69, 9.17) is 9.05 Å². The van der Waals surface area contributed by atoms with E-state index in [1.165, 1.54) is 0 Å². The predicted molar refractivity (Wildman–Crippen MR) is 80.7 cm³/mol. The van der Waals surface area contributed by atoms with Crippen LogP contribution in [0.1, 0.15) is 22.3 Å². The fourth-order valence-corrected chi connectivity index (χ4v) is 2.75. The molecular weight excluding hydrogens is 271 g/mol. The first kappa shape index (κ1) is 14.5. The molecule has 0 N–H and O–H groups in total. The zero-order valence-electron chi connectivity index (χ0n) is 12.1. The van der Waals surface area contributed by atoms with Crippen molar-refractivity contribution in [2.75, 3.05) is 0 Å². The highest BCUT2D eigenvalue weighted by Crippen LogP contribution is 2.34. The molecule has 2 aromatic carbocycles. The fourth-order valence-electron chi connectivity index (χ4n) is 1.98. The molecule has 0 fully saturated rings. The summed E-state index contributed by atoms with van der Waals surface area (Å²) in [5.74, 6) is 1.17. The molecule has 0 radical (unpaired) electrons. The van der Waals surface area contributed by atoms with E-state index in [0.717, 1.165) is 22.3 Å². The van der Waals surface area contributed by atoms with Crippen LogP contribution in [-0.4, -0.2) is 0 Å². The van der Waals surface area contributed by atoms with E-state index < -0.39 is 8.25 Å². The minimum absolute atomic E-state index is 0.585. The summed E-state index contributed by atoms with van der Waals surface area (Å²) in [7, 11) is -2.23. The molecule has 0 aliphatic heterocycles. The highest BCUT2D eigenvalue weighted by molar-refractivity contribution is 7.34. The molecule has 0 atom stereocenters. The van der Waals surface area contributed by atoms with Crippen LogP contribution in [0, 0.1) is 27.7 Å². The van der Waals surface area contributed by atoms with Crippen LogP contribution < -0.4 is 9.05 Å². The first-order valence-electron chi connectivity index (χ1n) is 6.43. The van der Waals surface area contributed by atoms with E-state index in [9.17, 15) is 4.57 Å². The number of hydrogen-bond donors (Lipinski definition) is 0. The largest absolute Gasteiger partial charge is 0.805 e. The molecule has 2 rings (SSSR count). The second-order valence-corrected chi connectivity index (χ2v) is 5.76. The van der Waals surface area contributed by atoms with Crippen molar-refractivity contribution < 1.29 is 13.6 Å². The molecule has 0 aliphatic carbocycles. The summed E-state index contributed by atoms with van der Waals surface area (Å²) in [6.45, 7) is 7.84. The molecule has 0 spiro atoms. The Bertz CT molecular complexity index is 595. The van der Waals surface area contributed by atoms with Crippen molar-refractivity contribution in [3.8, 4) is 11.5 Å². The van der Waals surface area contributed by atoms with Crippen LogP contribution in [0.3, 0.4) is 0 Å². The summed E-state index contributed by atoms with van der Waals surface area (Å²) < 4.78 is 22.7. The summed E-state index contributed by atoms with van der Waals surface area (Å²) in [5, 5.41) is 0. The van der Waals surface area contributed by atoms with Crippen molar-refractivity contribution in [3.63, 3.8) is 0 Å². The Morgan fingerprint density at radius 2 is 1.15 bits per heavy atom. The second-order valence-electron chi connectivity index (χ2n) is 4.94. The molecule has 2 aromatic rings. The maximum atomic E-state index is 12.0. The molecule has 20 heavy (non-hydrogen) atoms. The summed E-state index contributed by atoms with van der Waals surface area (Å²) >= 11 is 0. The fraction of sp³-hybridized carbons (Fsp3) is 0.250. The van der Waals surface area contributed by atoms with Gasteiger partial charge in [-0.1, -0.05) is 35.4 Å². The van der Waals surface area contributed by atoms with Gasteiger partial charge in [-0.3, -0.25) is 0 Å². The second kappa shape index (κ2) is 6.06. The van der Waals surface area contributed by atoms with Gasteiger partial charge in [-0.15, -0.1) is 0 Å². The van der Waals surface area contributed by atoms with Gasteiger partial charge in [-0.05, 0) is 51.0 Å². The van der Waals surface area contributed by atoms with Crippen LogP contribution in [0.2, 0.25) is 0 Å². The molecule has 0 saturated carbocycles. The third kappa shape index (κ3) is 3.58. The van der Waals surface area contributed by atoms with Gasteiger partial charge < -0.3 is 0 Å². The number of benzene rings is 2. The van der Waals surface area contributed by atoms with Crippen molar-refractivity contribution in [2.24, 2.45) is 0 Å². The van der Waals surface area contributed by atoms with E-state index in [1.54, 1.807) is 0 Å². The molecule has 0 aliphatic rings. The smallest absolute Gasteiger partial charge is 0.222 e. The number of hydrogen-bond acceptors (Lipinski definition) is 3. The molecule has 3 nitrogen and oxygen atoms in total. The predicted octanol–water partition coefficient (Wildman–Crippen LogP) is 5.04. The van der Waals surface area contributed by atoms with E-state index in [2.05, 4.69) is 0 Å². The Morgan fingerprint density at radius 1 is 0.750 bits per heavy atom. The summed E-state index contributed by atoms with van der Waals surface area (Å²) in [4.78, 5) is 0. The quantitative estimate of drug-likeness (QED) is 0.740. The molecule has 104 valence electrons. The topological polar surface area (TPSA) is 35.5 Å². The lowest BCUT2D eigenvalue weighted by Crippen LogP contribution is -1.93. The van der Waals surface area contributed by atoms with Crippen LogP contribution in [0.4, 0.5) is 0 Å². The molecule has 0 bridgehead atoms. The maximum absolute atomic E-state index is 12.0. The molecule has 0 unspecified atom stereocenters. The van der Waals surface area contributed by atoms with Gasteiger partial charge in [0.1, 0.15) is 0 Å². The van der Waals surface area contributed by atoms with Gasteiger partial charge in [0, 0.05) is 4.57 Å². The highest BCUT2D eigenvalue weighted by Gasteiger charge is 2.26. The molecule has 0 saturated heterocycles. The van der Waals surface area contributed by atoms with Gasteiger partial charge in [-0.2, -0.15) is 0 Å². The van der Waals surface area contributed by atoms with Crippen molar-refractivity contribution >= 4 is 8.25 Å². The number of aryl methyl sites for hydroxylation is 4. The van der Waals surface area contributed by atoms with Gasteiger partial charge in [0.05, 0.1) is 0 Å². The van der Waals surface area contributed by atoms with Crippen molar-refractivity contribution in [2.45, 2.75) is 27.7 Å². The Kier molecular flexibility index (Phi) is 4.41. The Hall–Kier alpha value is -1.86. The Balaban J connectivity index is 2.09. The minimum Gasteiger partial charge on any atom is -0.222 e. The van der Waals surface area contributed by atoms with Crippen LogP contribution in [-0.2, 0) is 4.57 Å². The Labute approximate surface area is 120 Å². The first-order chi connectivity index (χ1) is 9.45. The van der Waals surface area contributed by atoms with Gasteiger partial charge >= 0.3 is 8.25 Å². The lowest BCUT2D eigenvalue weighted by molar-refractivity contribution is 0.413. The Morgan fingerprint density at radius 3 is 1.50 bits per heavy atom. The average Bonchev–Trinajstić information content (AvgIpc) is 2.36. The van der Waals surface area contributed by atoms with E-state index in [0.29, 0.717) is 11.5 Å². The van der Waals surface area contributed by atoms with Crippen LogP contribution >= 0.6 is 8.25 Å². The molecule has 0 heterocycles. The average molecular weight is 289 g/mol. The molecule has 0 amide bonds. The lowest BCUT2D eigenvalue weighted by atomic mass is 10.1. The van der Waals surface area contributed by atoms with Crippen LogP contribution in [0.5, 0.6) is 11.5 Å². The van der Waals surface area contributed by atoms with Gasteiger partial charge in [0.15, 0.2) is 11.5 Å². The summed E-state index contributed by atoms with van der Waals surface area (Å²) in [6.07, 6.45) is 0. The van der Waals surface area contributed by atoms with Crippen LogP contribution in [0.15, 0.2) is 36.4 Å². The summed E-state index contributed by atoms with van der Waals surface area (Å²) in [6, 6.07) is 11.4. The normalized spacial score (nSPS) is 10.2. The highest BCUT2D eigenvalue weighted by atomic mass is 31.1. The lowest BCUT2D eigenvalue weighted by Gasteiger charge is -2.02. The molecular formula is C16H18O3P+. The van der Waals surface area contributed by atoms with Gasteiger partial charge in [-0.25, -0.2) is 9.05 Å². The number of rotatable bonds is 4. The third-order valence-electron chi connectivity index (χ3n) is 3.01. The van der Waals surface area contributed by atoms with E-state index >= 15 is 0 Å². The first-order valence-corrected chi connectivity index (χ1v) is 7.53. The zero-order chi connectivity index (χ0) is 14.7. The SMILES string of the molecule is Cc1ccc(O[P+](=O)Oc2ccc(C)cc2C)c(C)c1. The van der Waals surface area contributed by atoms with Crippen molar-refractivity contribution in [1.29, 1.82) is 0 Å². The van der Waals surface area contributed by atoms with Gasteiger partial charge in [0.2, 0.25) is 0 Å². The van der Waals surface area contributed by atoms with E-state index in [-0.39, 0.29) is 0 Å². The van der Waals surface area contributed by atoms with Crippen molar-refractivity contribution in [3.05, 3.63) is 58.7 Å². The minimum atomic E-state index is -2.23. The maximum Gasteiger partial charge on any atom is 0.805 e. The molecule has 0 aromatic heterocycles. The van der Waals surface area contributed by atoms with Crippen LogP contribution in [0.25, 0.3) is 0 Å². The van der Waals surface area contributed by atoms with E-state index in [1.807, 2.05) is 64.1 Å². The third-order valence-corrected chi connectivity index (χ3v) is 3.70. The van der Waals surface area contributed by atoms with Gasteiger partial charge in [0.25, 0.3) is 0 Å². The molecule has 4 heteroatoms. The summed E-state index contributed by atoms with van der Waals surface area (Å²) in [5.41, 5.74) is 4.16. The zero-order valence-corrected chi connectivity index (χ0v) is 13.0. The van der Waals surface area contributed by atoms with Crippen molar-refractivity contribution in [1.82, 2.24) is 0 Å². The monoisotopic (exact) mass is 289 g/mol.